The monoisotopic (exact) mass is 263 g/mol. The van der Waals surface area contributed by atoms with Crippen molar-refractivity contribution in [1.29, 1.82) is 0 Å². The quantitative estimate of drug-likeness (QED) is 0.355. The molecule has 4 rings (SSSR count). The summed E-state index contributed by atoms with van der Waals surface area (Å²) in [5.41, 5.74) is 4.50. The fourth-order valence-electron chi connectivity index (χ4n) is 6.58. The molecule has 3 N–H and O–H groups in total. The van der Waals surface area contributed by atoms with Crippen LogP contribution < -0.4 is 11.3 Å². The van der Waals surface area contributed by atoms with Crippen LogP contribution in [0.3, 0.4) is 0 Å². The van der Waals surface area contributed by atoms with Crippen LogP contribution in [0.1, 0.15) is 65.7 Å². The van der Waals surface area contributed by atoms with Crippen LogP contribution in [0.2, 0.25) is 0 Å². The maximum Gasteiger partial charge on any atom is 0.111 e. The number of hydrazine groups is 1. The number of hydrogen-bond donors (Lipinski definition) is 2. The van der Waals surface area contributed by atoms with Crippen molar-refractivity contribution >= 4 is 5.84 Å². The fraction of sp³-hybridized carbons (Fsp3) is 0.938. The number of hydrogen-bond acceptors (Lipinski definition) is 2. The van der Waals surface area contributed by atoms with E-state index in [2.05, 4.69) is 31.2 Å². The molecule has 3 heteroatoms. The Hall–Kier alpha value is -0.570. The fourth-order valence-corrected chi connectivity index (χ4v) is 6.58. The van der Waals surface area contributed by atoms with Crippen molar-refractivity contribution in [2.24, 2.45) is 33.0 Å². The van der Waals surface area contributed by atoms with Crippen LogP contribution in [0.5, 0.6) is 0 Å². The van der Waals surface area contributed by atoms with Crippen LogP contribution in [-0.2, 0) is 0 Å². The van der Waals surface area contributed by atoms with Crippen LogP contribution in [0.4, 0.5) is 0 Å². The summed E-state index contributed by atoms with van der Waals surface area (Å²) in [4.78, 5) is 4.54. The predicted octanol–water partition coefficient (Wildman–Crippen LogP) is 3.25. The maximum absolute atomic E-state index is 5.67. The predicted molar refractivity (Wildman–Crippen MR) is 79.8 cm³/mol. The highest BCUT2D eigenvalue weighted by Gasteiger charge is 2.59. The Morgan fingerprint density at radius 3 is 2.26 bits per heavy atom. The van der Waals surface area contributed by atoms with E-state index < -0.39 is 0 Å². The van der Waals surface area contributed by atoms with Gasteiger partial charge in [-0.25, -0.2) is 5.84 Å². The third kappa shape index (κ3) is 2.31. The molecule has 4 saturated carbocycles. The minimum atomic E-state index is 0.475. The molecule has 108 valence electrons. The second-order valence-electron chi connectivity index (χ2n) is 8.37. The first-order valence-electron chi connectivity index (χ1n) is 7.90. The second kappa shape index (κ2) is 4.21. The minimum absolute atomic E-state index is 0.475. The first kappa shape index (κ1) is 13.4. The van der Waals surface area contributed by atoms with Crippen molar-refractivity contribution in [3.8, 4) is 0 Å². The summed E-state index contributed by atoms with van der Waals surface area (Å²) in [7, 11) is 0. The maximum atomic E-state index is 5.67. The van der Waals surface area contributed by atoms with Crippen molar-refractivity contribution in [3.05, 3.63) is 0 Å². The molecule has 0 radical (unpaired) electrons. The first-order valence-corrected chi connectivity index (χ1v) is 7.90. The van der Waals surface area contributed by atoms with Gasteiger partial charge in [0.1, 0.15) is 5.84 Å². The Morgan fingerprint density at radius 2 is 1.79 bits per heavy atom. The number of nitrogens with zero attached hydrogens (tertiary/aromatic N) is 1. The van der Waals surface area contributed by atoms with Crippen LogP contribution in [0.25, 0.3) is 0 Å². The number of nitrogens with two attached hydrogens (primary N) is 1. The van der Waals surface area contributed by atoms with Gasteiger partial charge in [0, 0.05) is 13.0 Å². The summed E-state index contributed by atoms with van der Waals surface area (Å²) in [5.74, 6) is 7.65. The van der Waals surface area contributed by atoms with Crippen LogP contribution in [-0.4, -0.2) is 12.4 Å². The zero-order chi connectivity index (χ0) is 13.7. The van der Waals surface area contributed by atoms with Crippen molar-refractivity contribution in [3.63, 3.8) is 0 Å². The van der Waals surface area contributed by atoms with E-state index in [1.54, 1.807) is 0 Å². The van der Waals surface area contributed by atoms with E-state index in [0.717, 1.165) is 24.7 Å². The molecular weight excluding hydrogens is 234 g/mol. The number of rotatable bonds is 3. The van der Waals surface area contributed by atoms with Crippen LogP contribution in [0.15, 0.2) is 4.99 Å². The smallest absolute Gasteiger partial charge is 0.111 e. The highest BCUT2D eigenvalue weighted by molar-refractivity contribution is 5.82. The molecule has 2 unspecified atom stereocenters. The molecule has 0 amide bonds. The van der Waals surface area contributed by atoms with Gasteiger partial charge in [-0.3, -0.25) is 4.99 Å². The van der Waals surface area contributed by atoms with Crippen LogP contribution in [0, 0.1) is 22.2 Å². The van der Waals surface area contributed by atoms with Gasteiger partial charge in [-0.15, -0.1) is 0 Å². The Labute approximate surface area is 117 Å². The summed E-state index contributed by atoms with van der Waals surface area (Å²) >= 11 is 0. The van der Waals surface area contributed by atoms with Crippen molar-refractivity contribution < 1.29 is 0 Å². The number of nitrogens with one attached hydrogen (secondary N) is 1. The Bertz CT molecular complexity index is 383. The number of amidine groups is 1. The van der Waals surface area contributed by atoms with E-state index in [9.17, 15) is 0 Å². The van der Waals surface area contributed by atoms with Gasteiger partial charge in [-0.05, 0) is 67.6 Å². The van der Waals surface area contributed by atoms with Gasteiger partial charge < -0.3 is 5.43 Å². The van der Waals surface area contributed by atoms with Gasteiger partial charge in [0.2, 0.25) is 0 Å². The zero-order valence-electron chi connectivity index (χ0n) is 12.8. The summed E-state index contributed by atoms with van der Waals surface area (Å²) in [6, 6.07) is 0. The van der Waals surface area contributed by atoms with Gasteiger partial charge in [0.15, 0.2) is 0 Å². The van der Waals surface area contributed by atoms with Gasteiger partial charge in [-0.2, -0.15) is 0 Å². The molecule has 3 nitrogen and oxygen atoms in total. The molecule has 0 aromatic rings. The third-order valence-electron chi connectivity index (χ3n) is 5.80. The van der Waals surface area contributed by atoms with E-state index in [1.165, 1.54) is 38.5 Å². The van der Waals surface area contributed by atoms with Crippen LogP contribution >= 0.6 is 0 Å². The molecule has 4 fully saturated rings. The molecule has 0 aromatic carbocycles. The molecule has 0 aromatic heterocycles. The van der Waals surface area contributed by atoms with E-state index in [0.29, 0.717) is 16.2 Å². The van der Waals surface area contributed by atoms with E-state index in [-0.39, 0.29) is 0 Å². The average Bonchev–Trinajstić information content (AvgIpc) is 2.22. The zero-order valence-corrected chi connectivity index (χ0v) is 12.8. The SMILES string of the molecule is CCN=C(CC12CC3CC(C)(CC(C)(C3)C1)C2)NN. The standard InChI is InChI=1S/C16H29N3/c1-4-18-13(19-17)8-16-7-12-5-14(2,10-16)9-15(3,6-12)11-16/h12H,4-11,17H2,1-3H3,(H,18,19). The van der Waals surface area contributed by atoms with Gasteiger partial charge in [0.25, 0.3) is 0 Å². The Morgan fingerprint density at radius 1 is 1.16 bits per heavy atom. The third-order valence-corrected chi connectivity index (χ3v) is 5.80. The molecule has 19 heavy (non-hydrogen) atoms. The largest absolute Gasteiger partial charge is 0.312 e. The van der Waals surface area contributed by atoms with E-state index >= 15 is 0 Å². The molecule has 0 aliphatic heterocycles. The molecule has 0 heterocycles. The first-order chi connectivity index (χ1) is 8.90. The molecule has 4 aliphatic rings. The van der Waals surface area contributed by atoms with Crippen molar-refractivity contribution in [1.82, 2.24) is 5.43 Å². The molecular formula is C16H29N3. The van der Waals surface area contributed by atoms with Crippen molar-refractivity contribution in [2.75, 3.05) is 6.54 Å². The average molecular weight is 263 g/mol. The second-order valence-corrected chi connectivity index (χ2v) is 8.37. The summed E-state index contributed by atoms with van der Waals surface area (Å²) in [5, 5.41) is 0. The topological polar surface area (TPSA) is 50.4 Å². The lowest BCUT2D eigenvalue weighted by atomic mass is 9.40. The summed E-state index contributed by atoms with van der Waals surface area (Å²) < 4.78 is 0. The molecule has 0 saturated heterocycles. The Balaban J connectivity index is 1.86. The van der Waals surface area contributed by atoms with Crippen molar-refractivity contribution in [2.45, 2.75) is 65.7 Å². The Kier molecular flexibility index (Phi) is 2.97. The molecule has 4 bridgehead atoms. The lowest BCUT2D eigenvalue weighted by Crippen LogP contribution is -2.56. The lowest BCUT2D eigenvalue weighted by molar-refractivity contribution is -0.141. The lowest BCUT2D eigenvalue weighted by Gasteiger charge is -2.65. The molecule has 2 atom stereocenters. The number of aliphatic imine (C=N–C) groups is 1. The summed E-state index contributed by atoms with van der Waals surface area (Å²) in [6.07, 6.45) is 9.60. The highest BCUT2D eigenvalue weighted by atomic mass is 15.2. The van der Waals surface area contributed by atoms with Gasteiger partial charge in [0.05, 0.1) is 0 Å². The van der Waals surface area contributed by atoms with Gasteiger partial charge in [-0.1, -0.05) is 13.8 Å². The summed E-state index contributed by atoms with van der Waals surface area (Å²) in [6.45, 7) is 7.96. The minimum Gasteiger partial charge on any atom is -0.312 e. The van der Waals surface area contributed by atoms with E-state index in [4.69, 9.17) is 5.84 Å². The van der Waals surface area contributed by atoms with E-state index in [1.807, 2.05) is 0 Å². The molecule has 4 aliphatic carbocycles. The highest BCUT2D eigenvalue weighted by Crippen LogP contribution is 2.70. The molecule has 0 spiro atoms. The normalized spacial score (nSPS) is 48.6. The van der Waals surface area contributed by atoms with Gasteiger partial charge >= 0.3 is 0 Å².